The SMILES string of the molecule is CCSc1sc(CC)cc1C[NH+](C)C. The van der Waals surface area contributed by atoms with E-state index in [0.29, 0.717) is 0 Å². The first-order valence-electron chi connectivity index (χ1n) is 5.20. The van der Waals surface area contributed by atoms with Crippen LogP contribution in [0.25, 0.3) is 0 Å². The fourth-order valence-corrected chi connectivity index (χ4v) is 3.73. The molecule has 0 spiro atoms. The molecule has 0 aliphatic rings. The zero-order valence-electron chi connectivity index (χ0n) is 9.52. The van der Waals surface area contributed by atoms with E-state index in [4.69, 9.17) is 0 Å². The highest BCUT2D eigenvalue weighted by atomic mass is 32.2. The van der Waals surface area contributed by atoms with Crippen LogP contribution < -0.4 is 4.90 Å². The molecule has 80 valence electrons. The van der Waals surface area contributed by atoms with Gasteiger partial charge in [0.25, 0.3) is 0 Å². The molecule has 1 nitrogen and oxygen atoms in total. The molecule has 3 heteroatoms. The first kappa shape index (κ1) is 12.1. The van der Waals surface area contributed by atoms with Crippen molar-refractivity contribution < 1.29 is 4.90 Å². The molecule has 0 amide bonds. The Balaban J connectivity index is 2.82. The lowest BCUT2D eigenvalue weighted by molar-refractivity contribution is -0.872. The van der Waals surface area contributed by atoms with Gasteiger partial charge < -0.3 is 4.90 Å². The Labute approximate surface area is 95.5 Å². The zero-order valence-corrected chi connectivity index (χ0v) is 11.1. The number of quaternary nitrogens is 1. The van der Waals surface area contributed by atoms with E-state index in [9.17, 15) is 0 Å². The largest absolute Gasteiger partial charge is 0.336 e. The molecule has 1 heterocycles. The van der Waals surface area contributed by atoms with Gasteiger partial charge in [0.05, 0.1) is 18.3 Å². The molecule has 0 bridgehead atoms. The van der Waals surface area contributed by atoms with Crippen molar-refractivity contribution in [3.8, 4) is 0 Å². The third kappa shape index (κ3) is 3.30. The maximum absolute atomic E-state index is 2.38. The van der Waals surface area contributed by atoms with Crippen molar-refractivity contribution >= 4 is 23.1 Å². The van der Waals surface area contributed by atoms with Crippen LogP contribution in [0.15, 0.2) is 10.3 Å². The number of thioether (sulfide) groups is 1. The Morgan fingerprint density at radius 2 is 2.07 bits per heavy atom. The van der Waals surface area contributed by atoms with E-state index >= 15 is 0 Å². The number of aryl methyl sites for hydroxylation is 1. The lowest BCUT2D eigenvalue weighted by Gasteiger charge is -2.06. The summed E-state index contributed by atoms with van der Waals surface area (Å²) in [6, 6.07) is 2.38. The molecular weight excluding hydrogens is 210 g/mol. The summed E-state index contributed by atoms with van der Waals surface area (Å²) >= 11 is 3.96. The topological polar surface area (TPSA) is 4.44 Å². The second kappa shape index (κ2) is 5.79. The highest BCUT2D eigenvalue weighted by Crippen LogP contribution is 2.31. The second-order valence-electron chi connectivity index (χ2n) is 3.70. The second-order valence-corrected chi connectivity index (χ2v) is 6.37. The monoisotopic (exact) mass is 230 g/mol. The lowest BCUT2D eigenvalue weighted by Crippen LogP contribution is -3.04. The average Bonchev–Trinajstić information content (AvgIpc) is 2.48. The van der Waals surface area contributed by atoms with Gasteiger partial charge in [0.2, 0.25) is 0 Å². The minimum Gasteiger partial charge on any atom is -0.336 e. The van der Waals surface area contributed by atoms with Crippen LogP contribution in [-0.2, 0) is 13.0 Å². The van der Waals surface area contributed by atoms with Crippen LogP contribution in [-0.4, -0.2) is 19.8 Å². The van der Waals surface area contributed by atoms with Gasteiger partial charge in [-0.1, -0.05) is 13.8 Å². The maximum atomic E-state index is 2.38. The molecule has 1 aromatic rings. The first-order valence-corrected chi connectivity index (χ1v) is 7.01. The molecule has 1 aromatic heterocycles. The molecule has 0 saturated carbocycles. The van der Waals surface area contributed by atoms with E-state index < -0.39 is 0 Å². The minimum atomic E-state index is 1.15. The molecule has 0 radical (unpaired) electrons. The number of thiophene rings is 1. The van der Waals surface area contributed by atoms with Gasteiger partial charge in [-0.2, -0.15) is 0 Å². The van der Waals surface area contributed by atoms with Gasteiger partial charge in [0, 0.05) is 10.4 Å². The van der Waals surface area contributed by atoms with Crippen molar-refractivity contribution in [2.75, 3.05) is 19.8 Å². The lowest BCUT2D eigenvalue weighted by atomic mass is 10.3. The molecule has 0 unspecified atom stereocenters. The van der Waals surface area contributed by atoms with Crippen LogP contribution in [0, 0.1) is 0 Å². The van der Waals surface area contributed by atoms with Gasteiger partial charge in [-0.3, -0.25) is 0 Å². The summed E-state index contributed by atoms with van der Waals surface area (Å²) < 4.78 is 1.53. The molecule has 0 fully saturated rings. The summed E-state index contributed by atoms with van der Waals surface area (Å²) in [5.41, 5.74) is 1.54. The Morgan fingerprint density at radius 3 is 2.57 bits per heavy atom. The molecule has 0 aliphatic heterocycles. The first-order chi connectivity index (χ1) is 6.67. The third-order valence-corrected chi connectivity index (χ3v) is 4.52. The van der Waals surface area contributed by atoms with Crippen LogP contribution >= 0.6 is 23.1 Å². The van der Waals surface area contributed by atoms with Gasteiger partial charge >= 0.3 is 0 Å². The van der Waals surface area contributed by atoms with Gasteiger partial charge in [-0.15, -0.1) is 23.1 Å². The molecule has 1 rings (SSSR count). The van der Waals surface area contributed by atoms with Crippen molar-refractivity contribution in [2.24, 2.45) is 0 Å². The van der Waals surface area contributed by atoms with E-state index in [1.807, 2.05) is 23.1 Å². The summed E-state index contributed by atoms with van der Waals surface area (Å²) in [4.78, 5) is 3.03. The zero-order chi connectivity index (χ0) is 10.6. The predicted molar refractivity (Wildman–Crippen MR) is 66.6 cm³/mol. The number of nitrogens with one attached hydrogen (secondary N) is 1. The molecule has 14 heavy (non-hydrogen) atoms. The Morgan fingerprint density at radius 1 is 1.36 bits per heavy atom. The summed E-state index contributed by atoms with van der Waals surface area (Å²) in [6.45, 7) is 5.61. The molecule has 0 saturated heterocycles. The van der Waals surface area contributed by atoms with E-state index in [-0.39, 0.29) is 0 Å². The predicted octanol–water partition coefficient (Wildman–Crippen LogP) is 2.07. The molecule has 1 N–H and O–H groups in total. The summed E-state index contributed by atoms with van der Waals surface area (Å²) in [6.07, 6.45) is 1.17. The van der Waals surface area contributed by atoms with E-state index in [0.717, 1.165) is 6.54 Å². The standard InChI is InChI=1S/C11H19NS2/c1-5-10-7-9(8-12(3)4)11(14-10)13-6-2/h7H,5-6,8H2,1-4H3/p+1. The van der Waals surface area contributed by atoms with Crippen LogP contribution in [0.5, 0.6) is 0 Å². The number of hydrogen-bond donors (Lipinski definition) is 1. The normalized spacial score (nSPS) is 11.2. The van der Waals surface area contributed by atoms with Crippen molar-refractivity contribution in [1.29, 1.82) is 0 Å². The minimum absolute atomic E-state index is 1.15. The van der Waals surface area contributed by atoms with Crippen molar-refractivity contribution in [3.63, 3.8) is 0 Å². The van der Waals surface area contributed by atoms with Gasteiger partial charge in [0.15, 0.2) is 0 Å². The number of hydrogen-bond acceptors (Lipinski definition) is 2. The van der Waals surface area contributed by atoms with Crippen LogP contribution in [0.3, 0.4) is 0 Å². The molecular formula is C11H20NS2+. The smallest absolute Gasteiger partial charge is 0.104 e. The Kier molecular flexibility index (Phi) is 4.99. The van der Waals surface area contributed by atoms with Crippen molar-refractivity contribution in [2.45, 2.75) is 31.0 Å². The number of rotatable bonds is 5. The fraction of sp³-hybridized carbons (Fsp3) is 0.636. The molecule has 0 aromatic carbocycles. The van der Waals surface area contributed by atoms with Crippen molar-refractivity contribution in [3.05, 3.63) is 16.5 Å². The summed E-state index contributed by atoms with van der Waals surface area (Å²) in [5.74, 6) is 1.18. The highest BCUT2D eigenvalue weighted by molar-refractivity contribution is 8.01. The van der Waals surface area contributed by atoms with E-state index in [1.165, 1.54) is 26.2 Å². The van der Waals surface area contributed by atoms with Gasteiger partial charge in [-0.05, 0) is 18.2 Å². The van der Waals surface area contributed by atoms with Crippen LogP contribution in [0.2, 0.25) is 0 Å². The van der Waals surface area contributed by atoms with Gasteiger partial charge in [-0.25, -0.2) is 0 Å². The molecule has 0 aliphatic carbocycles. The summed E-state index contributed by atoms with van der Waals surface area (Å²) in [5, 5.41) is 0. The van der Waals surface area contributed by atoms with Crippen molar-refractivity contribution in [1.82, 2.24) is 0 Å². The van der Waals surface area contributed by atoms with Crippen LogP contribution in [0.1, 0.15) is 24.3 Å². The van der Waals surface area contributed by atoms with E-state index in [1.54, 1.807) is 5.56 Å². The Hall–Kier alpha value is 0.01000. The maximum Gasteiger partial charge on any atom is 0.104 e. The van der Waals surface area contributed by atoms with Crippen LogP contribution in [0.4, 0.5) is 0 Å². The fourth-order valence-electron chi connectivity index (χ4n) is 1.40. The summed E-state index contributed by atoms with van der Waals surface area (Å²) in [7, 11) is 4.42. The average molecular weight is 230 g/mol. The Bertz CT molecular complexity index is 279. The highest BCUT2D eigenvalue weighted by Gasteiger charge is 2.10. The molecule has 0 atom stereocenters. The van der Waals surface area contributed by atoms with E-state index in [2.05, 4.69) is 34.0 Å². The quantitative estimate of drug-likeness (QED) is 0.759. The third-order valence-electron chi connectivity index (χ3n) is 1.99. The van der Waals surface area contributed by atoms with Gasteiger partial charge in [0.1, 0.15) is 6.54 Å².